The number of carboxylic acids is 1. The van der Waals surface area contributed by atoms with Crippen molar-refractivity contribution in [2.75, 3.05) is 12.4 Å². The van der Waals surface area contributed by atoms with Crippen LogP contribution in [0.3, 0.4) is 0 Å². The van der Waals surface area contributed by atoms with Crippen LogP contribution in [0.25, 0.3) is 0 Å². The van der Waals surface area contributed by atoms with Gasteiger partial charge in [0.25, 0.3) is 0 Å². The second-order valence-electron chi connectivity index (χ2n) is 3.82. The first kappa shape index (κ1) is 14.1. The lowest BCUT2D eigenvalue weighted by Crippen LogP contribution is -1.95. The van der Waals surface area contributed by atoms with E-state index in [9.17, 15) is 4.79 Å². The third kappa shape index (κ3) is 5.75. The molecule has 94 valence electrons. The second-order valence-corrected chi connectivity index (χ2v) is 4.99. The lowest BCUT2D eigenvalue weighted by Gasteiger charge is -2.02. The predicted octanol–water partition coefficient (Wildman–Crippen LogP) is 3.03. The minimum absolute atomic E-state index is 0.272. The fourth-order valence-electron chi connectivity index (χ4n) is 1.48. The molecular formula is C13H18O3S. The number of thioether (sulfide) groups is 1. The summed E-state index contributed by atoms with van der Waals surface area (Å²) in [6.07, 6.45) is 4.15. The van der Waals surface area contributed by atoms with Crippen molar-refractivity contribution in [2.24, 2.45) is 0 Å². The van der Waals surface area contributed by atoms with Gasteiger partial charge < -0.3 is 10.2 Å². The van der Waals surface area contributed by atoms with Gasteiger partial charge in [0.1, 0.15) is 0 Å². The maximum Gasteiger partial charge on any atom is 0.335 e. The fourth-order valence-corrected chi connectivity index (χ4v) is 2.45. The number of carboxylic acid groups (broad SMARTS) is 1. The zero-order valence-corrected chi connectivity index (χ0v) is 10.6. The highest BCUT2D eigenvalue weighted by molar-refractivity contribution is 7.99. The summed E-state index contributed by atoms with van der Waals surface area (Å²) in [7, 11) is 0. The van der Waals surface area contributed by atoms with Crippen molar-refractivity contribution in [1.82, 2.24) is 0 Å². The molecule has 0 fully saturated rings. The van der Waals surface area contributed by atoms with Crippen molar-refractivity contribution >= 4 is 17.7 Å². The highest BCUT2D eigenvalue weighted by Gasteiger charge is 2.03. The van der Waals surface area contributed by atoms with E-state index in [-0.39, 0.29) is 6.61 Å². The zero-order chi connectivity index (χ0) is 12.5. The Morgan fingerprint density at radius 2 is 1.94 bits per heavy atom. The van der Waals surface area contributed by atoms with Crippen molar-refractivity contribution < 1.29 is 15.0 Å². The molecule has 0 aromatic heterocycles. The van der Waals surface area contributed by atoms with E-state index >= 15 is 0 Å². The monoisotopic (exact) mass is 254 g/mol. The molecule has 0 saturated carbocycles. The molecule has 2 N–H and O–H groups in total. The minimum Gasteiger partial charge on any atom is -0.478 e. The molecule has 0 aliphatic carbocycles. The smallest absolute Gasteiger partial charge is 0.335 e. The number of rotatable bonds is 8. The van der Waals surface area contributed by atoms with Crippen LogP contribution >= 0.6 is 11.8 Å². The van der Waals surface area contributed by atoms with Crippen LogP contribution in [-0.2, 0) is 0 Å². The number of unbranched alkanes of at least 4 members (excludes halogenated alkanes) is 3. The van der Waals surface area contributed by atoms with Crippen LogP contribution < -0.4 is 0 Å². The van der Waals surface area contributed by atoms with Crippen molar-refractivity contribution in [3.05, 3.63) is 29.8 Å². The van der Waals surface area contributed by atoms with E-state index in [0.29, 0.717) is 5.56 Å². The third-order valence-corrected chi connectivity index (χ3v) is 3.48. The zero-order valence-electron chi connectivity index (χ0n) is 9.76. The topological polar surface area (TPSA) is 57.5 Å². The number of aromatic carboxylic acids is 1. The van der Waals surface area contributed by atoms with Gasteiger partial charge in [-0.1, -0.05) is 18.9 Å². The molecule has 17 heavy (non-hydrogen) atoms. The molecule has 1 rings (SSSR count). The number of hydrogen-bond donors (Lipinski definition) is 2. The Kier molecular flexibility index (Phi) is 6.74. The second kappa shape index (κ2) is 8.14. The van der Waals surface area contributed by atoms with Gasteiger partial charge in [0, 0.05) is 11.5 Å². The van der Waals surface area contributed by atoms with Crippen molar-refractivity contribution in [3.63, 3.8) is 0 Å². The van der Waals surface area contributed by atoms with Crippen LogP contribution in [0.4, 0.5) is 0 Å². The van der Waals surface area contributed by atoms with Gasteiger partial charge in [0.2, 0.25) is 0 Å². The van der Waals surface area contributed by atoms with Gasteiger partial charge in [-0.2, -0.15) is 0 Å². The van der Waals surface area contributed by atoms with E-state index in [2.05, 4.69) is 0 Å². The molecule has 1 aromatic carbocycles. The molecule has 0 radical (unpaired) electrons. The first-order valence-electron chi connectivity index (χ1n) is 5.81. The standard InChI is InChI=1S/C13H18O3S/c14-8-3-1-2-4-9-17-12-7-5-6-11(10-12)13(15)16/h5-7,10,14H,1-4,8-9H2,(H,15,16). The van der Waals surface area contributed by atoms with E-state index in [1.54, 1.807) is 30.0 Å². The molecule has 0 atom stereocenters. The lowest BCUT2D eigenvalue weighted by atomic mass is 10.2. The minimum atomic E-state index is -0.879. The van der Waals surface area contributed by atoms with Crippen LogP contribution in [0.1, 0.15) is 36.0 Å². The summed E-state index contributed by atoms with van der Waals surface area (Å²) >= 11 is 1.68. The number of aliphatic hydroxyl groups is 1. The van der Waals surface area contributed by atoms with Gasteiger partial charge in [-0.15, -0.1) is 11.8 Å². The van der Waals surface area contributed by atoms with Crippen LogP contribution in [0, 0.1) is 0 Å². The quantitative estimate of drug-likeness (QED) is 0.553. The van der Waals surface area contributed by atoms with Crippen molar-refractivity contribution in [3.8, 4) is 0 Å². The molecule has 0 bridgehead atoms. The summed E-state index contributed by atoms with van der Waals surface area (Å²) < 4.78 is 0. The van der Waals surface area contributed by atoms with Gasteiger partial charge in [-0.3, -0.25) is 0 Å². The fraction of sp³-hybridized carbons (Fsp3) is 0.462. The van der Waals surface area contributed by atoms with Crippen LogP contribution in [0.15, 0.2) is 29.2 Å². The molecule has 0 aliphatic rings. The summed E-state index contributed by atoms with van der Waals surface area (Å²) in [6.45, 7) is 0.272. The molecule has 1 aromatic rings. The largest absolute Gasteiger partial charge is 0.478 e. The van der Waals surface area contributed by atoms with Gasteiger partial charge in [0.05, 0.1) is 5.56 Å². The maximum atomic E-state index is 10.8. The molecule has 4 heteroatoms. The van der Waals surface area contributed by atoms with Crippen molar-refractivity contribution in [2.45, 2.75) is 30.6 Å². The Labute approximate surface area is 106 Å². The Morgan fingerprint density at radius 1 is 1.18 bits per heavy atom. The summed E-state index contributed by atoms with van der Waals surface area (Å²) in [5, 5.41) is 17.5. The van der Waals surface area contributed by atoms with Crippen LogP contribution in [0.2, 0.25) is 0 Å². The van der Waals surface area contributed by atoms with E-state index in [4.69, 9.17) is 10.2 Å². The van der Waals surface area contributed by atoms with Gasteiger partial charge in [-0.25, -0.2) is 4.79 Å². The predicted molar refractivity (Wildman–Crippen MR) is 69.7 cm³/mol. The normalized spacial score (nSPS) is 10.4. The highest BCUT2D eigenvalue weighted by Crippen LogP contribution is 2.20. The molecule has 0 amide bonds. The first-order chi connectivity index (χ1) is 8.24. The average molecular weight is 254 g/mol. The van der Waals surface area contributed by atoms with E-state index in [0.717, 1.165) is 36.3 Å². The summed E-state index contributed by atoms with van der Waals surface area (Å²) in [5.41, 5.74) is 0.343. The van der Waals surface area contributed by atoms with Crippen LogP contribution in [-0.4, -0.2) is 28.5 Å². The van der Waals surface area contributed by atoms with E-state index < -0.39 is 5.97 Å². The number of carbonyl (C=O) groups is 1. The number of hydrogen-bond acceptors (Lipinski definition) is 3. The van der Waals surface area contributed by atoms with Gasteiger partial charge >= 0.3 is 5.97 Å². The molecule has 0 aliphatic heterocycles. The van der Waals surface area contributed by atoms with Crippen molar-refractivity contribution in [1.29, 1.82) is 0 Å². The Hall–Kier alpha value is -1.00. The summed E-state index contributed by atoms with van der Waals surface area (Å²) in [5.74, 6) is 0.115. The molecule has 3 nitrogen and oxygen atoms in total. The van der Waals surface area contributed by atoms with Gasteiger partial charge in [0.15, 0.2) is 0 Å². The maximum absolute atomic E-state index is 10.8. The Bertz CT molecular complexity index is 352. The van der Waals surface area contributed by atoms with E-state index in [1.165, 1.54) is 0 Å². The SMILES string of the molecule is O=C(O)c1cccc(SCCCCCCO)c1. The first-order valence-corrected chi connectivity index (χ1v) is 6.79. The van der Waals surface area contributed by atoms with E-state index in [1.807, 2.05) is 6.07 Å². The van der Waals surface area contributed by atoms with Crippen LogP contribution in [0.5, 0.6) is 0 Å². The molecule has 0 spiro atoms. The molecule has 0 unspecified atom stereocenters. The number of aliphatic hydroxyl groups excluding tert-OH is 1. The Morgan fingerprint density at radius 3 is 2.65 bits per heavy atom. The third-order valence-electron chi connectivity index (χ3n) is 2.40. The summed E-state index contributed by atoms with van der Waals surface area (Å²) in [6, 6.07) is 7.02. The lowest BCUT2D eigenvalue weighted by molar-refractivity contribution is 0.0696. The number of benzene rings is 1. The molecular weight excluding hydrogens is 236 g/mol. The summed E-state index contributed by atoms with van der Waals surface area (Å²) in [4.78, 5) is 11.8. The molecule has 0 saturated heterocycles. The van der Waals surface area contributed by atoms with Gasteiger partial charge in [-0.05, 0) is 36.8 Å². The highest BCUT2D eigenvalue weighted by atomic mass is 32.2. The molecule has 0 heterocycles. The average Bonchev–Trinajstić information content (AvgIpc) is 2.34. The Balaban J connectivity index is 2.27.